The van der Waals surface area contributed by atoms with Gasteiger partial charge in [-0.15, -0.1) is 38.7 Å². The highest BCUT2D eigenvalue weighted by molar-refractivity contribution is 5.96. The highest BCUT2D eigenvalue weighted by Crippen LogP contribution is 2.19. The molecule has 10 rings (SSSR count). The summed E-state index contributed by atoms with van der Waals surface area (Å²) in [6.45, 7) is 43.8. The smallest absolute Gasteiger partial charge is 0.243 e. The molecule has 36 N–H and O–H groups in total. The van der Waals surface area contributed by atoms with Crippen molar-refractivity contribution in [3.63, 3.8) is 0 Å². The van der Waals surface area contributed by atoms with Gasteiger partial charge in [0.05, 0.1) is 144 Å². The summed E-state index contributed by atoms with van der Waals surface area (Å²) in [7, 11) is 17.8. The van der Waals surface area contributed by atoms with Gasteiger partial charge >= 0.3 is 0 Å². The van der Waals surface area contributed by atoms with Gasteiger partial charge in [-0.05, 0) is 99.0 Å². The van der Waals surface area contributed by atoms with E-state index in [0.29, 0.717) is 63.0 Å². The number of amides is 3. The molecule has 10 heterocycles. The normalized spacial score (nSPS) is 10.7. The van der Waals surface area contributed by atoms with Crippen molar-refractivity contribution in [1.29, 1.82) is 0 Å². The van der Waals surface area contributed by atoms with Crippen molar-refractivity contribution >= 4 is 59.9 Å². The molecular formula is C98H216Cl8N33O9+. The number of nitrogens with one attached hydrogen (secondary N) is 9. The Labute approximate surface area is 944 Å². The highest BCUT2D eigenvalue weighted by Gasteiger charge is 2.42. The van der Waals surface area contributed by atoms with Gasteiger partial charge in [0.2, 0.25) is 44.0 Å². The quantitative estimate of drug-likeness (QED) is 0.00433. The van der Waals surface area contributed by atoms with E-state index >= 15 is 0 Å². The maximum atomic E-state index is 11.3. The number of nitrogens with two attached hydrogens (primary N) is 6. The van der Waals surface area contributed by atoms with Crippen molar-refractivity contribution in [1.82, 2.24) is 104 Å². The summed E-state index contributed by atoms with van der Waals surface area (Å²) in [4.78, 5) is 87.5. The maximum Gasteiger partial charge on any atom is 0.243 e. The van der Waals surface area contributed by atoms with E-state index < -0.39 is 0 Å². The van der Waals surface area contributed by atoms with Crippen LogP contribution in [0.25, 0.3) is 0 Å². The minimum atomic E-state index is -0.243. The minimum absolute atomic E-state index is 0. The van der Waals surface area contributed by atoms with Crippen LogP contribution in [0.3, 0.4) is 0 Å². The van der Waals surface area contributed by atoms with Crippen LogP contribution in [0.1, 0.15) is 189 Å². The fourth-order valence-corrected chi connectivity index (χ4v) is 10.1. The average Bonchev–Trinajstić information content (AvgIpc) is 0.898. The Hall–Kier alpha value is -9.01. The van der Waals surface area contributed by atoms with E-state index in [9.17, 15) is 39.0 Å². The lowest BCUT2D eigenvalue weighted by Crippen LogP contribution is -3.14. The summed E-state index contributed by atoms with van der Waals surface area (Å²) in [6, 6.07) is 7.37. The van der Waals surface area contributed by atoms with Crippen molar-refractivity contribution < 1.29 is 168 Å². The number of carbonyl (C=O) groups excluding carboxylic acids is 6. The van der Waals surface area contributed by atoms with Crippen LogP contribution in [0.2, 0.25) is 0 Å². The summed E-state index contributed by atoms with van der Waals surface area (Å²) in [5.74, 6) is 0.282. The van der Waals surface area contributed by atoms with Crippen LogP contribution < -0.4 is 200 Å². The summed E-state index contributed by atoms with van der Waals surface area (Å²) >= 11 is 0. The van der Waals surface area contributed by atoms with Gasteiger partial charge in [0.1, 0.15) is 106 Å². The third-order valence-electron chi connectivity index (χ3n) is 16.8. The molecule has 1 saturated heterocycles. The molecule has 0 radical (unpaired) electrons. The highest BCUT2D eigenvalue weighted by atomic mass is 35.5. The molecule has 50 heteroatoms. The topological polar surface area (TPSA) is 652 Å². The van der Waals surface area contributed by atoms with Gasteiger partial charge in [0.25, 0.3) is 0 Å². The summed E-state index contributed by atoms with van der Waals surface area (Å²) < 4.78 is 18.3. The van der Waals surface area contributed by atoms with Crippen LogP contribution in [0.15, 0.2) is 194 Å². The Morgan fingerprint density at radius 3 is 1.31 bits per heavy atom. The molecule has 1 aliphatic rings. The number of aromatic amines is 3. The third kappa shape index (κ3) is 150. The standard InChI is InChI=1S/C12H23N3O3.C10H23N3O2.C7H12N2.C6H9N2.C6H10N2.2C6H12O.C5H14N2O.2C5H9N2.C5H6N2.2C4H7N3.C4H6N2.C3H7NO.2C2H4.6CH4.8ClH.4H3N/c1-10(16)7-12(18)14-4-6-15(5-3-13-2)8-11(17)9-15;1-3-10(15)8-13(6-4-11-2)7-5-12-9-14;1-3-4-7-5-9(2)6-8-7;1-8-4-2-3-6(7)5-8;1-2-3-6-4-7-5-8-6;2*1-3-4-5-6(2)7;1-5(8)4-7-3-2-6;2*1-6-3-4-7(2)5-6;6-5-2-1-3-7-4-5;2*5-3-7-2-1-6-4-7;1-6-3-2-5-4-6;1-2-4-3-5;2*1-2;;;;;;;;;;;;;;;;;;/h11,13,17H,3-9H2,1-2H3;9-11,15H,3-8H2,1-2H3,(H,12,14);5-6H,3-4H2,1-2H3;2-5H,7H2,1H3;4-5H,2-3H2,1H3,(H,7,8);2*3-5H2,1-2H3;5,7-8H,2-4,6H2,1H3;2*3-5H,1-2H3;1-4H,6H2;2*1-2,4H,3,5H2;2-4H,1H3;3H,2H2,1H3,(H,4,5);2*1-2H2;6*1H4;8*1H;4*1H3/q;;;+1;;;;;2*+1;;;;;;;;;;;;;;;;;;;;;;;;;/p-2. The molecule has 9 aromatic rings. The van der Waals surface area contributed by atoms with E-state index in [-0.39, 0.29) is 205 Å². The van der Waals surface area contributed by atoms with E-state index in [1.165, 1.54) is 36.1 Å². The maximum absolute atomic E-state index is 11.3. The number of nitrogen functional groups attached to an aromatic ring is 2. The zero-order valence-corrected chi connectivity index (χ0v) is 94.8. The number of imidazole rings is 7. The molecule has 0 bridgehead atoms. The third-order valence-corrected chi connectivity index (χ3v) is 16.8. The van der Waals surface area contributed by atoms with Gasteiger partial charge in [0.15, 0.2) is 18.5 Å². The zero-order valence-electron chi connectivity index (χ0n) is 88.7. The van der Waals surface area contributed by atoms with Crippen molar-refractivity contribution in [3.05, 3.63) is 205 Å². The molecule has 9 aromatic heterocycles. The Balaban J connectivity index is -0.0000000476. The number of aromatic nitrogens is 16. The van der Waals surface area contributed by atoms with E-state index in [0.717, 1.165) is 146 Å². The Bertz CT molecular complexity index is 3770. The van der Waals surface area contributed by atoms with Gasteiger partial charge in [-0.3, -0.25) is 29.1 Å². The largest absolute Gasteiger partial charge is 1.00 e. The van der Waals surface area contributed by atoms with Crippen LogP contribution in [0, 0.1) is 0 Å². The van der Waals surface area contributed by atoms with E-state index in [4.69, 9.17) is 33.8 Å². The van der Waals surface area contributed by atoms with E-state index in [2.05, 4.69) is 122 Å². The summed E-state index contributed by atoms with van der Waals surface area (Å²) in [5, 5.41) is 43.7. The number of pyridine rings is 2. The second-order valence-corrected chi connectivity index (χ2v) is 29.6. The average molecular weight is 2280 g/mol. The number of ketones is 3. The van der Waals surface area contributed by atoms with Crippen LogP contribution in [-0.4, -0.2) is 240 Å². The molecule has 0 aromatic carbocycles. The molecule has 0 saturated carbocycles. The number of H-pyrrole nitrogens is 3. The van der Waals surface area contributed by atoms with Gasteiger partial charge in [0, 0.05) is 101 Å². The van der Waals surface area contributed by atoms with Crippen LogP contribution in [0.4, 0.5) is 11.4 Å². The number of hydrogen-bond donors (Lipinski definition) is 22. The first-order chi connectivity index (χ1) is 62.2. The predicted molar refractivity (Wildman–Crippen MR) is 588 cm³/mol. The second-order valence-electron chi connectivity index (χ2n) is 29.6. The molecule has 0 aliphatic carbocycles. The molecule has 148 heavy (non-hydrogen) atoms. The first-order valence-electron chi connectivity index (χ1n) is 44.4. The Morgan fingerprint density at radius 2 is 1.05 bits per heavy atom. The number of aliphatic hydroxyl groups excluding tert-OH is 3. The predicted octanol–water partition coefficient (Wildman–Crippen LogP) is -15.2. The number of halogens is 8. The number of nitrogens with zero attached hydrogens (tertiary/aromatic N) is 14. The van der Waals surface area contributed by atoms with Crippen molar-refractivity contribution in [3.8, 4) is 0 Å². The summed E-state index contributed by atoms with van der Waals surface area (Å²) in [5.41, 5.74) is 30.4. The fourth-order valence-electron chi connectivity index (χ4n) is 10.1. The van der Waals surface area contributed by atoms with Crippen LogP contribution >= 0.6 is 12.4 Å². The van der Waals surface area contributed by atoms with Crippen LogP contribution in [-0.2, 0) is 104 Å². The number of Topliss-reactive ketones (excluding diaryl/α,β-unsaturated/α-hetero) is 3. The first kappa shape index (κ1) is 204. The SMILES string of the molecule is C.C.C.C.C.C.C=C.C=C.CC(O)C[NH2+]CCN.CCC(O)C[NH+](CCNC)CCNC=O.CCCCC(C)=O.CCCCC(C)=O.CCCc1c[n+](C)c[nH]1.CCCc1cnc[nH]1.CCNC=O.CNCC[N+]1(CCNC(=O)CC(C)=O)CC(O)C1.C[n+]1cc[nH]c1.C[n+]1cccc(N)c1.Cl.Cn1cc[n+](C)c1.Cn1cc[n+](C)c1.N.N.N.N.NCn1ccnc1.NCn1ccnc1.Nc1cccnc1.[Cl-].[Cl-].[Cl-].[Cl-].[Cl-].[Cl-].[Cl-]. The van der Waals surface area contributed by atoms with Crippen LogP contribution in [0.5, 0.6) is 0 Å². The van der Waals surface area contributed by atoms with Crippen molar-refractivity contribution in [2.45, 2.75) is 222 Å². The lowest BCUT2D eigenvalue weighted by Gasteiger charge is -2.48. The number of likely N-dealkylation sites (tertiary alicyclic amines) is 1. The monoisotopic (exact) mass is 2280 g/mol. The molecule has 3 atom stereocenters. The zero-order chi connectivity index (χ0) is 99.8. The number of quaternary nitrogens is 3. The van der Waals surface area contributed by atoms with Gasteiger partial charge in [-0.25, -0.2) is 51.9 Å². The summed E-state index contributed by atoms with van der Waals surface area (Å²) in [6.07, 6.45) is 54.9. The number of likely N-dealkylation sites (N-methyl/N-ethyl adjacent to an activating group) is 2. The lowest BCUT2D eigenvalue weighted by atomic mass is 10.1. The fraction of sp³-hybridized carbons (Fsp3) is 0.582. The molecule has 882 valence electrons. The number of hydrogen-bond acceptors (Lipinski definition) is 24. The number of aryl methyl sites for hydroxylation is 9. The molecule has 1 fully saturated rings. The van der Waals surface area contributed by atoms with E-state index in [1.807, 2.05) is 220 Å². The molecule has 3 unspecified atom stereocenters. The minimum Gasteiger partial charge on any atom is -1.00 e. The van der Waals surface area contributed by atoms with E-state index in [1.54, 1.807) is 85.8 Å². The van der Waals surface area contributed by atoms with Crippen molar-refractivity contribution in [2.24, 2.45) is 66.5 Å². The lowest BCUT2D eigenvalue weighted by molar-refractivity contribution is -0.970. The molecular weight excluding hydrogens is 2070 g/mol. The number of aliphatic hydroxyl groups is 3. The molecule has 42 nitrogen and oxygen atoms in total. The number of unbranched alkanes of at least 4 members (excludes halogenated alkanes) is 2. The number of carbonyl (C=O) groups is 6. The number of rotatable bonds is 36. The van der Waals surface area contributed by atoms with Crippen molar-refractivity contribution in [2.75, 3.05) is 124 Å². The molecule has 1 aliphatic heterocycles. The van der Waals surface area contributed by atoms with Gasteiger partial charge in [-0.2, -0.15) is 0 Å². The second kappa shape index (κ2) is 151. The number of anilines is 2. The Morgan fingerprint density at radius 1 is 0.581 bits per heavy atom. The molecule has 3 amide bonds. The molecule has 0 spiro atoms. The Kier molecular flexibility index (Phi) is 208. The van der Waals surface area contributed by atoms with Gasteiger partial charge in [-0.1, -0.05) is 98.4 Å². The first-order valence-corrected chi connectivity index (χ1v) is 44.4. The van der Waals surface area contributed by atoms with Gasteiger partial charge < -0.3 is 220 Å².